The van der Waals surface area contributed by atoms with Crippen molar-refractivity contribution in [3.05, 3.63) is 51.0 Å². The molecule has 0 aliphatic carbocycles. The molecular weight excluding hydrogens is 264 g/mol. The minimum Gasteiger partial charge on any atom is -0.304 e. The Morgan fingerprint density at radius 1 is 1.15 bits per heavy atom. The van der Waals surface area contributed by atoms with Gasteiger partial charge in [-0.15, -0.1) is 11.3 Å². The second kappa shape index (κ2) is 7.00. The van der Waals surface area contributed by atoms with Crippen molar-refractivity contribution in [2.24, 2.45) is 0 Å². The summed E-state index contributed by atoms with van der Waals surface area (Å²) in [6.45, 7) is 9.63. The first-order chi connectivity index (χ1) is 9.65. The fourth-order valence-electron chi connectivity index (χ4n) is 2.20. The van der Waals surface area contributed by atoms with Gasteiger partial charge in [-0.25, -0.2) is 4.98 Å². The highest BCUT2D eigenvalue weighted by atomic mass is 32.1. The van der Waals surface area contributed by atoms with E-state index in [9.17, 15) is 0 Å². The molecule has 0 saturated heterocycles. The summed E-state index contributed by atoms with van der Waals surface area (Å²) in [4.78, 5) is 6.05. The van der Waals surface area contributed by atoms with Crippen LogP contribution in [-0.4, -0.2) is 11.5 Å². The summed E-state index contributed by atoms with van der Waals surface area (Å²) in [5.74, 6) is 0. The molecule has 1 atom stereocenters. The van der Waals surface area contributed by atoms with Gasteiger partial charge in [-0.2, -0.15) is 0 Å². The lowest BCUT2D eigenvalue weighted by Gasteiger charge is -2.17. The normalized spacial score (nSPS) is 12.6. The summed E-state index contributed by atoms with van der Waals surface area (Å²) < 4.78 is 0. The highest BCUT2D eigenvalue weighted by molar-refractivity contribution is 7.11. The van der Waals surface area contributed by atoms with E-state index < -0.39 is 0 Å². The predicted octanol–water partition coefficient (Wildman–Crippen LogP) is 4.41. The minimum absolute atomic E-state index is 0.221. The van der Waals surface area contributed by atoms with Gasteiger partial charge in [-0.3, -0.25) is 0 Å². The van der Waals surface area contributed by atoms with Gasteiger partial charge in [-0.1, -0.05) is 38.1 Å². The van der Waals surface area contributed by atoms with Gasteiger partial charge in [0.05, 0.1) is 11.7 Å². The molecule has 0 aliphatic heterocycles. The molecule has 0 radical (unpaired) electrons. The van der Waals surface area contributed by atoms with Crippen LogP contribution in [0.5, 0.6) is 0 Å². The Hall–Kier alpha value is -1.19. The first-order valence-electron chi connectivity index (χ1n) is 7.41. The van der Waals surface area contributed by atoms with E-state index in [-0.39, 0.29) is 6.04 Å². The second-order valence-electron chi connectivity index (χ2n) is 5.18. The lowest BCUT2D eigenvalue weighted by atomic mass is 10.0. The molecule has 20 heavy (non-hydrogen) atoms. The molecule has 3 heteroatoms. The summed E-state index contributed by atoms with van der Waals surface area (Å²) in [6, 6.07) is 9.14. The molecule has 0 fully saturated rings. The van der Waals surface area contributed by atoms with Gasteiger partial charge in [0.25, 0.3) is 0 Å². The number of rotatable bonds is 6. The molecule has 2 rings (SSSR count). The van der Waals surface area contributed by atoms with Crippen LogP contribution in [0.25, 0.3) is 0 Å². The van der Waals surface area contributed by atoms with E-state index in [2.05, 4.69) is 57.3 Å². The van der Waals surface area contributed by atoms with E-state index in [4.69, 9.17) is 4.98 Å². The zero-order chi connectivity index (χ0) is 14.5. The highest BCUT2D eigenvalue weighted by Crippen LogP contribution is 2.28. The number of benzene rings is 1. The maximum absolute atomic E-state index is 4.74. The average molecular weight is 288 g/mol. The molecule has 0 aliphatic rings. The average Bonchev–Trinajstić information content (AvgIpc) is 2.79. The van der Waals surface area contributed by atoms with Crippen LogP contribution in [0.2, 0.25) is 0 Å². The Balaban J connectivity index is 2.30. The molecule has 1 aromatic heterocycles. The lowest BCUT2D eigenvalue weighted by molar-refractivity contribution is 0.595. The third-order valence-corrected chi connectivity index (χ3v) is 4.75. The predicted molar refractivity (Wildman–Crippen MR) is 87.5 cm³/mol. The number of hydrogen-bond donors (Lipinski definition) is 1. The molecule has 0 saturated carbocycles. The fraction of sp³-hybridized carbons (Fsp3) is 0.471. The van der Waals surface area contributed by atoms with Crippen molar-refractivity contribution < 1.29 is 0 Å². The summed E-state index contributed by atoms with van der Waals surface area (Å²) in [7, 11) is 0. The molecule has 2 nitrogen and oxygen atoms in total. The minimum atomic E-state index is 0.221. The van der Waals surface area contributed by atoms with E-state index in [1.807, 2.05) is 0 Å². The van der Waals surface area contributed by atoms with Crippen molar-refractivity contribution in [3.63, 3.8) is 0 Å². The van der Waals surface area contributed by atoms with E-state index in [1.165, 1.54) is 21.0 Å². The molecule has 1 N–H and O–H groups in total. The van der Waals surface area contributed by atoms with E-state index in [0.717, 1.165) is 25.1 Å². The summed E-state index contributed by atoms with van der Waals surface area (Å²) in [5.41, 5.74) is 3.84. The van der Waals surface area contributed by atoms with Gasteiger partial charge < -0.3 is 5.32 Å². The van der Waals surface area contributed by atoms with Gasteiger partial charge in [0, 0.05) is 4.88 Å². The molecule has 1 aromatic carbocycles. The van der Waals surface area contributed by atoms with Crippen LogP contribution in [0.15, 0.2) is 24.3 Å². The zero-order valence-electron chi connectivity index (χ0n) is 12.9. The molecule has 1 heterocycles. The highest BCUT2D eigenvalue weighted by Gasteiger charge is 2.17. The fourth-order valence-corrected chi connectivity index (χ4v) is 3.23. The molecule has 1 unspecified atom stereocenters. The van der Waals surface area contributed by atoms with Crippen LogP contribution < -0.4 is 5.32 Å². The number of hydrogen-bond acceptors (Lipinski definition) is 3. The zero-order valence-corrected chi connectivity index (χ0v) is 13.7. The number of aromatic nitrogens is 1. The number of nitrogens with zero attached hydrogens (tertiary/aromatic N) is 1. The van der Waals surface area contributed by atoms with Crippen molar-refractivity contribution in [2.45, 2.75) is 46.6 Å². The molecule has 0 bridgehead atoms. The first-order valence-corrected chi connectivity index (χ1v) is 8.23. The van der Waals surface area contributed by atoms with Gasteiger partial charge in [0.1, 0.15) is 5.01 Å². The number of thiazole rings is 1. The van der Waals surface area contributed by atoms with Crippen molar-refractivity contribution in [1.82, 2.24) is 10.3 Å². The quantitative estimate of drug-likeness (QED) is 0.851. The lowest BCUT2D eigenvalue weighted by Crippen LogP contribution is -2.23. The first kappa shape index (κ1) is 15.2. The monoisotopic (exact) mass is 288 g/mol. The Labute approximate surface area is 126 Å². The summed E-state index contributed by atoms with van der Waals surface area (Å²) in [5, 5.41) is 4.81. The SMILES string of the molecule is CCCNC(c1ccc(CC)cc1)c1nc(C)c(C)s1. The van der Waals surface area contributed by atoms with Crippen LogP contribution in [0.1, 0.15) is 53.0 Å². The van der Waals surface area contributed by atoms with E-state index in [0.29, 0.717) is 0 Å². The van der Waals surface area contributed by atoms with Crippen LogP contribution in [-0.2, 0) is 6.42 Å². The molecule has 0 spiro atoms. The maximum Gasteiger partial charge on any atom is 0.115 e. The second-order valence-corrected chi connectivity index (χ2v) is 6.41. The van der Waals surface area contributed by atoms with Gasteiger partial charge >= 0.3 is 0 Å². The smallest absolute Gasteiger partial charge is 0.115 e. The van der Waals surface area contributed by atoms with Gasteiger partial charge in [0.2, 0.25) is 0 Å². The van der Waals surface area contributed by atoms with Crippen LogP contribution >= 0.6 is 11.3 Å². The Morgan fingerprint density at radius 3 is 2.35 bits per heavy atom. The third-order valence-electron chi connectivity index (χ3n) is 3.61. The molecule has 2 aromatic rings. The maximum atomic E-state index is 4.74. The Kier molecular flexibility index (Phi) is 5.32. The molecular formula is C17H24N2S. The van der Waals surface area contributed by atoms with Crippen molar-refractivity contribution in [2.75, 3.05) is 6.54 Å². The summed E-state index contributed by atoms with van der Waals surface area (Å²) >= 11 is 1.80. The van der Waals surface area contributed by atoms with Crippen molar-refractivity contribution in [3.8, 4) is 0 Å². The third kappa shape index (κ3) is 3.47. The number of nitrogens with one attached hydrogen (secondary N) is 1. The number of aryl methyl sites for hydroxylation is 3. The van der Waals surface area contributed by atoms with Crippen molar-refractivity contribution in [1.29, 1.82) is 0 Å². The molecule has 0 amide bonds. The van der Waals surface area contributed by atoms with Gasteiger partial charge in [-0.05, 0) is 44.4 Å². The topological polar surface area (TPSA) is 24.9 Å². The summed E-state index contributed by atoms with van der Waals surface area (Å²) in [6.07, 6.45) is 2.22. The van der Waals surface area contributed by atoms with Crippen LogP contribution in [0.4, 0.5) is 0 Å². The molecule has 108 valence electrons. The Bertz CT molecular complexity index is 523. The largest absolute Gasteiger partial charge is 0.304 e. The van der Waals surface area contributed by atoms with E-state index in [1.54, 1.807) is 11.3 Å². The Morgan fingerprint density at radius 2 is 1.85 bits per heavy atom. The van der Waals surface area contributed by atoms with Crippen LogP contribution in [0.3, 0.4) is 0 Å². The van der Waals surface area contributed by atoms with Gasteiger partial charge in [0.15, 0.2) is 0 Å². The van der Waals surface area contributed by atoms with Crippen molar-refractivity contribution >= 4 is 11.3 Å². The standard InChI is InChI=1S/C17H24N2S/c1-5-11-18-16(17-19-12(3)13(4)20-17)15-9-7-14(6-2)8-10-15/h7-10,16,18H,5-6,11H2,1-4H3. The van der Waals surface area contributed by atoms with E-state index >= 15 is 0 Å². The van der Waals surface area contributed by atoms with Crippen LogP contribution in [0, 0.1) is 13.8 Å².